The smallest absolute Gasteiger partial charge is 0.220 e. The molecule has 3 aromatic carbocycles. The summed E-state index contributed by atoms with van der Waals surface area (Å²) in [5.74, 6) is 1.59. The zero-order valence-corrected chi connectivity index (χ0v) is 17.2. The summed E-state index contributed by atoms with van der Waals surface area (Å²) in [7, 11) is 1.64. The fourth-order valence-electron chi connectivity index (χ4n) is 4.11. The number of ether oxygens (including phenoxy) is 2. The van der Waals surface area contributed by atoms with Crippen molar-refractivity contribution in [3.8, 4) is 11.5 Å². The van der Waals surface area contributed by atoms with E-state index in [1.807, 2.05) is 44.2 Å². The van der Waals surface area contributed by atoms with Crippen molar-refractivity contribution >= 4 is 16.7 Å². The molecular weight excluding hydrogens is 362 g/mol. The summed E-state index contributed by atoms with van der Waals surface area (Å²) >= 11 is 0. The predicted molar refractivity (Wildman–Crippen MR) is 115 cm³/mol. The Morgan fingerprint density at radius 2 is 1.93 bits per heavy atom. The Morgan fingerprint density at radius 3 is 2.76 bits per heavy atom. The molecule has 1 heterocycles. The maximum absolute atomic E-state index is 12.8. The van der Waals surface area contributed by atoms with Crippen LogP contribution >= 0.6 is 0 Å². The van der Waals surface area contributed by atoms with Gasteiger partial charge in [-0.2, -0.15) is 0 Å². The summed E-state index contributed by atoms with van der Waals surface area (Å²) < 4.78 is 11.4. The average molecular weight is 389 g/mol. The van der Waals surface area contributed by atoms with E-state index in [4.69, 9.17) is 9.47 Å². The van der Waals surface area contributed by atoms with E-state index in [0.29, 0.717) is 6.42 Å². The van der Waals surface area contributed by atoms with Crippen LogP contribution < -0.4 is 14.8 Å². The van der Waals surface area contributed by atoms with Gasteiger partial charge in [0.15, 0.2) is 0 Å². The highest BCUT2D eigenvalue weighted by atomic mass is 16.5. The first-order chi connectivity index (χ1) is 13.9. The Bertz CT molecular complexity index is 1040. The maximum Gasteiger partial charge on any atom is 0.220 e. The van der Waals surface area contributed by atoms with Gasteiger partial charge in [-0.3, -0.25) is 4.79 Å². The van der Waals surface area contributed by atoms with E-state index in [0.717, 1.165) is 29.9 Å². The third-order valence-electron chi connectivity index (χ3n) is 5.51. The lowest BCUT2D eigenvalue weighted by Gasteiger charge is -2.38. The van der Waals surface area contributed by atoms with Gasteiger partial charge in [0, 0.05) is 24.5 Å². The van der Waals surface area contributed by atoms with Crippen LogP contribution in [-0.4, -0.2) is 18.6 Å². The maximum atomic E-state index is 12.8. The van der Waals surface area contributed by atoms with Crippen LogP contribution in [0.1, 0.15) is 43.9 Å². The van der Waals surface area contributed by atoms with E-state index >= 15 is 0 Å². The molecule has 0 saturated carbocycles. The van der Waals surface area contributed by atoms with E-state index in [1.54, 1.807) is 7.11 Å². The van der Waals surface area contributed by atoms with Crippen LogP contribution in [0.4, 0.5) is 0 Å². The SMILES string of the molecule is COc1ccc2c(c1)OC(C)(C)C[C@H]2NC(=O)CCc1cccc2ccccc12. The molecule has 0 spiro atoms. The average Bonchev–Trinajstić information content (AvgIpc) is 2.70. The van der Waals surface area contributed by atoms with Gasteiger partial charge in [-0.15, -0.1) is 0 Å². The fourth-order valence-corrected chi connectivity index (χ4v) is 4.11. The lowest BCUT2D eigenvalue weighted by Crippen LogP contribution is -2.41. The Labute approximate surface area is 171 Å². The van der Waals surface area contributed by atoms with Crippen LogP contribution in [0.2, 0.25) is 0 Å². The molecule has 1 atom stereocenters. The summed E-state index contributed by atoms with van der Waals surface area (Å²) in [6.07, 6.45) is 1.90. The van der Waals surface area contributed by atoms with Gasteiger partial charge in [-0.05, 0) is 48.7 Å². The standard InChI is InChI=1S/C25H27NO3/c1-25(2)16-22(21-13-12-19(28-3)15-23(21)29-25)26-24(27)14-11-18-9-6-8-17-7-4-5-10-20(17)18/h4-10,12-13,15,22H,11,14,16H2,1-3H3,(H,26,27)/t22-/m1/s1. The third kappa shape index (κ3) is 4.21. The molecule has 0 saturated heterocycles. The van der Waals surface area contributed by atoms with E-state index in [9.17, 15) is 4.79 Å². The van der Waals surface area contributed by atoms with E-state index in [-0.39, 0.29) is 17.6 Å². The second-order valence-corrected chi connectivity index (χ2v) is 8.23. The fraction of sp³-hybridized carbons (Fsp3) is 0.320. The first kappa shape index (κ1) is 19.3. The van der Waals surface area contributed by atoms with Gasteiger partial charge in [0.1, 0.15) is 17.1 Å². The van der Waals surface area contributed by atoms with Crippen molar-refractivity contribution in [3.63, 3.8) is 0 Å². The van der Waals surface area contributed by atoms with Crippen molar-refractivity contribution in [2.24, 2.45) is 0 Å². The minimum Gasteiger partial charge on any atom is -0.497 e. The van der Waals surface area contributed by atoms with E-state index in [1.165, 1.54) is 16.3 Å². The predicted octanol–water partition coefficient (Wildman–Crippen LogP) is 5.20. The summed E-state index contributed by atoms with van der Waals surface area (Å²) in [4.78, 5) is 12.8. The number of carbonyl (C=O) groups excluding carboxylic acids is 1. The van der Waals surface area contributed by atoms with Gasteiger partial charge in [0.05, 0.1) is 13.2 Å². The number of hydrogen-bond donors (Lipinski definition) is 1. The highest BCUT2D eigenvalue weighted by Crippen LogP contribution is 2.41. The molecule has 29 heavy (non-hydrogen) atoms. The molecule has 0 fully saturated rings. The van der Waals surface area contributed by atoms with Crippen LogP contribution in [0, 0.1) is 0 Å². The number of benzene rings is 3. The number of nitrogens with one attached hydrogen (secondary N) is 1. The molecule has 0 aromatic heterocycles. The van der Waals surface area contributed by atoms with Crippen molar-refractivity contribution < 1.29 is 14.3 Å². The van der Waals surface area contributed by atoms with Gasteiger partial charge < -0.3 is 14.8 Å². The van der Waals surface area contributed by atoms with Crippen LogP contribution in [0.15, 0.2) is 60.7 Å². The zero-order chi connectivity index (χ0) is 20.4. The molecule has 1 aliphatic heterocycles. The third-order valence-corrected chi connectivity index (χ3v) is 5.51. The molecule has 4 rings (SSSR count). The second-order valence-electron chi connectivity index (χ2n) is 8.23. The Morgan fingerprint density at radius 1 is 1.14 bits per heavy atom. The van der Waals surface area contributed by atoms with Crippen molar-refractivity contribution in [1.82, 2.24) is 5.32 Å². The first-order valence-electron chi connectivity index (χ1n) is 10.1. The number of hydrogen-bond acceptors (Lipinski definition) is 3. The number of amides is 1. The van der Waals surface area contributed by atoms with Crippen LogP contribution in [0.5, 0.6) is 11.5 Å². The summed E-state index contributed by atoms with van der Waals surface area (Å²) in [5, 5.41) is 5.65. The van der Waals surface area contributed by atoms with Crippen molar-refractivity contribution in [1.29, 1.82) is 0 Å². The summed E-state index contributed by atoms with van der Waals surface area (Å²) in [6, 6.07) is 20.3. The molecule has 0 aliphatic carbocycles. The summed E-state index contributed by atoms with van der Waals surface area (Å²) in [5.41, 5.74) is 1.85. The number of rotatable bonds is 5. The lowest BCUT2D eigenvalue weighted by molar-refractivity contribution is -0.122. The molecular formula is C25H27NO3. The monoisotopic (exact) mass is 389 g/mol. The largest absolute Gasteiger partial charge is 0.497 e. The number of aryl methyl sites for hydroxylation is 1. The van der Waals surface area contributed by atoms with E-state index < -0.39 is 0 Å². The molecule has 0 bridgehead atoms. The number of methoxy groups -OCH3 is 1. The molecule has 4 nitrogen and oxygen atoms in total. The van der Waals surface area contributed by atoms with Crippen molar-refractivity contribution in [2.75, 3.05) is 7.11 Å². The van der Waals surface area contributed by atoms with Crippen LogP contribution in [0.25, 0.3) is 10.8 Å². The molecule has 150 valence electrons. The minimum atomic E-state index is -0.354. The van der Waals surface area contributed by atoms with Crippen molar-refractivity contribution in [2.45, 2.75) is 44.8 Å². The Kier molecular flexibility index (Phi) is 5.18. The highest BCUT2D eigenvalue weighted by molar-refractivity contribution is 5.86. The van der Waals surface area contributed by atoms with E-state index in [2.05, 4.69) is 35.6 Å². The Balaban J connectivity index is 1.48. The lowest BCUT2D eigenvalue weighted by atomic mass is 9.89. The Hall–Kier alpha value is -3.01. The topological polar surface area (TPSA) is 47.6 Å². The zero-order valence-electron chi connectivity index (χ0n) is 17.2. The molecule has 1 N–H and O–H groups in total. The normalized spacial score (nSPS) is 17.3. The van der Waals surface area contributed by atoms with Gasteiger partial charge in [0.2, 0.25) is 5.91 Å². The molecule has 0 radical (unpaired) electrons. The van der Waals surface area contributed by atoms with Crippen LogP contribution in [0.3, 0.4) is 0 Å². The summed E-state index contributed by atoms with van der Waals surface area (Å²) in [6.45, 7) is 4.09. The van der Waals surface area contributed by atoms with Gasteiger partial charge >= 0.3 is 0 Å². The van der Waals surface area contributed by atoms with Gasteiger partial charge in [-0.25, -0.2) is 0 Å². The molecule has 1 aliphatic rings. The quantitative estimate of drug-likeness (QED) is 0.652. The minimum absolute atomic E-state index is 0.0578. The molecule has 3 aromatic rings. The molecule has 4 heteroatoms. The molecule has 0 unspecified atom stereocenters. The number of carbonyl (C=O) groups is 1. The number of fused-ring (bicyclic) bond motifs is 2. The van der Waals surface area contributed by atoms with Gasteiger partial charge in [-0.1, -0.05) is 42.5 Å². The van der Waals surface area contributed by atoms with Gasteiger partial charge in [0.25, 0.3) is 0 Å². The molecule has 1 amide bonds. The van der Waals surface area contributed by atoms with Crippen LogP contribution in [-0.2, 0) is 11.2 Å². The first-order valence-corrected chi connectivity index (χ1v) is 10.1. The second kappa shape index (κ2) is 7.78. The highest BCUT2D eigenvalue weighted by Gasteiger charge is 2.34. The van der Waals surface area contributed by atoms with Crippen molar-refractivity contribution in [3.05, 3.63) is 71.8 Å².